The fraction of sp³-hybridized carbons (Fsp3) is 0.188. The molecule has 0 radical (unpaired) electrons. The molecule has 2 rings (SSSR count). The van der Waals surface area contributed by atoms with Crippen LogP contribution in [-0.4, -0.2) is 21.5 Å². The largest absolute Gasteiger partial charge is 0.469 e. The lowest BCUT2D eigenvalue weighted by molar-refractivity contribution is -0.139. The van der Waals surface area contributed by atoms with Crippen LogP contribution in [0.2, 0.25) is 0 Å². The quantitative estimate of drug-likeness (QED) is 0.860. The molecule has 0 saturated heterocycles. The van der Waals surface area contributed by atoms with Crippen molar-refractivity contribution < 1.29 is 17.9 Å². The Hall–Kier alpha value is -2.34. The summed E-state index contributed by atoms with van der Waals surface area (Å²) in [4.78, 5) is 11.5. The first-order valence-corrected chi connectivity index (χ1v) is 8.14. The molecule has 0 aliphatic rings. The molecule has 0 heterocycles. The highest BCUT2D eigenvalue weighted by Crippen LogP contribution is 2.18. The van der Waals surface area contributed by atoms with Crippen LogP contribution < -0.4 is 4.72 Å². The van der Waals surface area contributed by atoms with Gasteiger partial charge >= 0.3 is 5.97 Å². The van der Waals surface area contributed by atoms with Gasteiger partial charge in [-0.25, -0.2) is 8.42 Å². The van der Waals surface area contributed by atoms with Crippen molar-refractivity contribution >= 4 is 21.7 Å². The Labute approximate surface area is 130 Å². The summed E-state index contributed by atoms with van der Waals surface area (Å²) in [5, 5.41) is 0. The minimum Gasteiger partial charge on any atom is -0.469 e. The van der Waals surface area contributed by atoms with Crippen molar-refractivity contribution in [2.45, 2.75) is 18.2 Å². The van der Waals surface area contributed by atoms with Gasteiger partial charge < -0.3 is 4.74 Å². The van der Waals surface area contributed by atoms with Gasteiger partial charge in [0.15, 0.2) is 0 Å². The van der Waals surface area contributed by atoms with E-state index in [-0.39, 0.29) is 17.3 Å². The molecule has 1 N–H and O–H groups in total. The van der Waals surface area contributed by atoms with Crippen molar-refractivity contribution in [2.75, 3.05) is 11.8 Å². The van der Waals surface area contributed by atoms with Crippen molar-refractivity contribution in [3.05, 3.63) is 59.7 Å². The molecule has 5 nitrogen and oxygen atoms in total. The summed E-state index contributed by atoms with van der Waals surface area (Å²) in [5.41, 5.74) is 2.07. The minimum atomic E-state index is -3.65. The smallest absolute Gasteiger partial charge is 0.309 e. The van der Waals surface area contributed by atoms with Crippen molar-refractivity contribution in [3.8, 4) is 0 Å². The van der Waals surface area contributed by atoms with Crippen LogP contribution >= 0.6 is 0 Å². The highest BCUT2D eigenvalue weighted by Gasteiger charge is 2.14. The molecule has 6 heteroatoms. The average molecular weight is 319 g/mol. The summed E-state index contributed by atoms with van der Waals surface area (Å²) >= 11 is 0. The van der Waals surface area contributed by atoms with Crippen LogP contribution in [0.25, 0.3) is 0 Å². The number of methoxy groups -OCH3 is 1. The predicted octanol–water partition coefficient (Wildman–Crippen LogP) is 2.51. The molecule has 0 amide bonds. The molecular formula is C16H17NO4S. The van der Waals surface area contributed by atoms with E-state index < -0.39 is 10.0 Å². The number of hydrogen-bond acceptors (Lipinski definition) is 4. The van der Waals surface area contributed by atoms with Crippen LogP contribution in [0, 0.1) is 6.92 Å². The molecule has 0 saturated carbocycles. The number of carbonyl (C=O) groups excluding carboxylic acids is 1. The van der Waals surface area contributed by atoms with Crippen LogP contribution in [0.5, 0.6) is 0 Å². The molecule has 22 heavy (non-hydrogen) atoms. The molecule has 0 atom stereocenters. The third-order valence-corrected chi connectivity index (χ3v) is 4.48. The monoisotopic (exact) mass is 319 g/mol. The van der Waals surface area contributed by atoms with Crippen LogP contribution in [0.1, 0.15) is 11.1 Å². The van der Waals surface area contributed by atoms with E-state index >= 15 is 0 Å². The molecule has 2 aromatic rings. The minimum absolute atomic E-state index is 0.0938. The Morgan fingerprint density at radius 3 is 2.45 bits per heavy atom. The molecule has 0 aromatic heterocycles. The second-order valence-corrected chi connectivity index (χ2v) is 6.55. The van der Waals surface area contributed by atoms with Crippen molar-refractivity contribution in [3.63, 3.8) is 0 Å². The van der Waals surface area contributed by atoms with E-state index in [1.54, 1.807) is 48.5 Å². The van der Waals surface area contributed by atoms with Crippen LogP contribution in [0.3, 0.4) is 0 Å². The SMILES string of the molecule is COC(=O)Cc1cccc(NS(=O)(=O)c2ccc(C)cc2)c1. The molecule has 0 unspecified atom stereocenters. The zero-order valence-electron chi connectivity index (χ0n) is 12.4. The first-order chi connectivity index (χ1) is 10.4. The Morgan fingerprint density at radius 2 is 1.82 bits per heavy atom. The topological polar surface area (TPSA) is 72.5 Å². The lowest BCUT2D eigenvalue weighted by Crippen LogP contribution is -2.13. The molecule has 0 spiro atoms. The fourth-order valence-corrected chi connectivity index (χ4v) is 2.96. The zero-order valence-corrected chi connectivity index (χ0v) is 13.2. The van der Waals surface area contributed by atoms with Gasteiger partial charge in [-0.1, -0.05) is 29.8 Å². The van der Waals surface area contributed by atoms with E-state index in [1.165, 1.54) is 7.11 Å². The Kier molecular flexibility index (Phi) is 4.82. The average Bonchev–Trinajstić information content (AvgIpc) is 2.47. The van der Waals surface area contributed by atoms with Crippen molar-refractivity contribution in [2.24, 2.45) is 0 Å². The summed E-state index contributed by atoms with van der Waals surface area (Å²) < 4.78 is 31.7. The van der Waals surface area contributed by atoms with Gasteiger partial charge in [0.05, 0.1) is 18.4 Å². The van der Waals surface area contributed by atoms with Gasteiger partial charge in [0, 0.05) is 5.69 Å². The number of anilines is 1. The number of hydrogen-bond donors (Lipinski definition) is 1. The number of benzene rings is 2. The third kappa shape index (κ3) is 4.08. The van der Waals surface area contributed by atoms with Gasteiger partial charge in [-0.3, -0.25) is 9.52 Å². The molecule has 0 aliphatic carbocycles. The Morgan fingerprint density at radius 1 is 1.14 bits per heavy atom. The lowest BCUT2D eigenvalue weighted by Gasteiger charge is -2.09. The summed E-state index contributed by atoms with van der Waals surface area (Å²) in [7, 11) is -2.34. The van der Waals surface area contributed by atoms with Crippen LogP contribution in [-0.2, 0) is 26.0 Å². The number of ether oxygens (including phenoxy) is 1. The highest BCUT2D eigenvalue weighted by molar-refractivity contribution is 7.92. The standard InChI is InChI=1S/C16H17NO4S/c1-12-6-8-15(9-7-12)22(19,20)17-14-5-3-4-13(10-14)11-16(18)21-2/h3-10,17H,11H2,1-2H3. The lowest BCUT2D eigenvalue weighted by atomic mass is 10.1. The molecule has 0 fully saturated rings. The van der Waals surface area contributed by atoms with Crippen LogP contribution in [0.15, 0.2) is 53.4 Å². The Bertz CT molecular complexity index is 767. The maximum Gasteiger partial charge on any atom is 0.309 e. The first-order valence-electron chi connectivity index (χ1n) is 6.66. The third-order valence-electron chi connectivity index (χ3n) is 3.09. The van der Waals surface area contributed by atoms with E-state index in [1.807, 2.05) is 6.92 Å². The number of aryl methyl sites for hydroxylation is 1. The molecule has 2 aromatic carbocycles. The maximum atomic E-state index is 12.3. The normalized spacial score (nSPS) is 11.0. The number of carbonyl (C=O) groups is 1. The number of nitrogens with one attached hydrogen (secondary N) is 1. The molecular weight excluding hydrogens is 302 g/mol. The van der Waals surface area contributed by atoms with Gasteiger partial charge in [0.1, 0.15) is 0 Å². The summed E-state index contributed by atoms with van der Waals surface area (Å²) in [5.74, 6) is -0.376. The first kappa shape index (κ1) is 16.0. The fourth-order valence-electron chi connectivity index (χ4n) is 1.92. The van der Waals surface area contributed by atoms with E-state index in [2.05, 4.69) is 9.46 Å². The van der Waals surface area contributed by atoms with E-state index in [9.17, 15) is 13.2 Å². The summed E-state index contributed by atoms with van der Waals surface area (Å²) in [6, 6.07) is 13.2. The molecule has 0 aliphatic heterocycles. The van der Waals surface area contributed by atoms with Crippen LogP contribution in [0.4, 0.5) is 5.69 Å². The van der Waals surface area contributed by atoms with E-state index in [0.29, 0.717) is 11.3 Å². The van der Waals surface area contributed by atoms with E-state index in [4.69, 9.17) is 0 Å². The summed E-state index contributed by atoms with van der Waals surface area (Å²) in [6.07, 6.45) is 0.0938. The molecule has 0 bridgehead atoms. The van der Waals surface area contributed by atoms with Gasteiger partial charge in [0.2, 0.25) is 0 Å². The summed E-state index contributed by atoms with van der Waals surface area (Å²) in [6.45, 7) is 1.89. The van der Waals surface area contributed by atoms with Crippen molar-refractivity contribution in [1.29, 1.82) is 0 Å². The van der Waals surface area contributed by atoms with Gasteiger partial charge in [-0.05, 0) is 36.8 Å². The zero-order chi connectivity index (χ0) is 16.2. The number of rotatable bonds is 5. The Balaban J connectivity index is 2.21. The predicted molar refractivity (Wildman–Crippen MR) is 84.1 cm³/mol. The second-order valence-electron chi connectivity index (χ2n) is 4.87. The highest BCUT2D eigenvalue weighted by atomic mass is 32.2. The second kappa shape index (κ2) is 6.62. The van der Waals surface area contributed by atoms with E-state index in [0.717, 1.165) is 5.56 Å². The molecule has 116 valence electrons. The number of esters is 1. The van der Waals surface area contributed by atoms with Gasteiger partial charge in [0.25, 0.3) is 10.0 Å². The van der Waals surface area contributed by atoms with Gasteiger partial charge in [-0.2, -0.15) is 0 Å². The number of sulfonamides is 1. The van der Waals surface area contributed by atoms with Gasteiger partial charge in [-0.15, -0.1) is 0 Å². The van der Waals surface area contributed by atoms with Crippen molar-refractivity contribution in [1.82, 2.24) is 0 Å². The maximum absolute atomic E-state index is 12.3.